The lowest BCUT2D eigenvalue weighted by Crippen LogP contribution is -2.37. The van der Waals surface area contributed by atoms with E-state index in [9.17, 15) is 0 Å². The summed E-state index contributed by atoms with van der Waals surface area (Å²) in [6.07, 6.45) is 2.33. The second kappa shape index (κ2) is 6.76. The number of hydrazine groups is 1. The molecule has 20 heavy (non-hydrogen) atoms. The fourth-order valence-corrected chi connectivity index (χ4v) is 3.32. The molecule has 6 heteroatoms. The van der Waals surface area contributed by atoms with Gasteiger partial charge in [0.2, 0.25) is 0 Å². The second-order valence-corrected chi connectivity index (χ2v) is 5.70. The van der Waals surface area contributed by atoms with Crippen LogP contribution in [0.5, 0.6) is 11.5 Å². The minimum absolute atomic E-state index is 0.0456. The molecule has 1 saturated heterocycles. The first-order chi connectivity index (χ1) is 9.62. The van der Waals surface area contributed by atoms with Crippen molar-refractivity contribution in [2.24, 2.45) is 5.84 Å². The van der Waals surface area contributed by atoms with Crippen molar-refractivity contribution in [1.29, 1.82) is 0 Å². The third kappa shape index (κ3) is 2.93. The van der Waals surface area contributed by atoms with Gasteiger partial charge >= 0.3 is 0 Å². The molecule has 1 aliphatic rings. The highest BCUT2D eigenvalue weighted by Crippen LogP contribution is 2.42. The van der Waals surface area contributed by atoms with E-state index in [-0.39, 0.29) is 18.2 Å². The summed E-state index contributed by atoms with van der Waals surface area (Å²) in [6, 6.07) is 3.74. The standard InChI is InChI=1S/C14H21BrN2O3/c1-8-4-6-11(20-8)13(17-16)9-5-7-10(18-2)12(15)14(9)19-3/h5,7-8,11,13,17H,4,6,16H2,1-3H3. The first-order valence-corrected chi connectivity index (χ1v) is 7.43. The maximum absolute atomic E-state index is 5.92. The molecule has 0 radical (unpaired) electrons. The van der Waals surface area contributed by atoms with Gasteiger partial charge in [-0.1, -0.05) is 0 Å². The number of methoxy groups -OCH3 is 2. The predicted molar refractivity (Wildman–Crippen MR) is 80.9 cm³/mol. The van der Waals surface area contributed by atoms with E-state index in [1.54, 1.807) is 14.2 Å². The Hall–Kier alpha value is -0.820. The van der Waals surface area contributed by atoms with Gasteiger partial charge in [-0.3, -0.25) is 11.3 Å². The van der Waals surface area contributed by atoms with Crippen LogP contribution in [0.2, 0.25) is 0 Å². The topological polar surface area (TPSA) is 65.7 Å². The highest BCUT2D eigenvalue weighted by atomic mass is 79.9. The molecule has 3 unspecified atom stereocenters. The zero-order valence-electron chi connectivity index (χ0n) is 12.0. The number of nitrogens with two attached hydrogens (primary N) is 1. The van der Waals surface area contributed by atoms with Crippen LogP contribution in [0.4, 0.5) is 0 Å². The second-order valence-electron chi connectivity index (χ2n) is 4.91. The van der Waals surface area contributed by atoms with E-state index in [1.165, 1.54) is 0 Å². The Bertz CT molecular complexity index is 470. The zero-order chi connectivity index (χ0) is 14.7. The van der Waals surface area contributed by atoms with E-state index in [1.807, 2.05) is 12.1 Å². The molecule has 3 atom stereocenters. The average molecular weight is 345 g/mol. The molecule has 0 saturated carbocycles. The first kappa shape index (κ1) is 15.6. The molecule has 0 aliphatic carbocycles. The molecule has 0 amide bonds. The third-order valence-corrected chi connectivity index (χ3v) is 4.42. The lowest BCUT2D eigenvalue weighted by molar-refractivity contribution is 0.0310. The molecule has 5 nitrogen and oxygen atoms in total. The molecule has 1 aromatic carbocycles. The predicted octanol–water partition coefficient (Wildman–Crippen LogP) is 2.54. The zero-order valence-corrected chi connectivity index (χ0v) is 13.6. The quantitative estimate of drug-likeness (QED) is 0.634. The summed E-state index contributed by atoms with van der Waals surface area (Å²) in [5, 5.41) is 0. The number of nitrogens with one attached hydrogen (secondary N) is 1. The SMILES string of the molecule is COc1ccc(C(NN)C2CCC(C)O2)c(OC)c1Br. The van der Waals surface area contributed by atoms with Crippen molar-refractivity contribution >= 4 is 15.9 Å². The van der Waals surface area contributed by atoms with E-state index >= 15 is 0 Å². The van der Waals surface area contributed by atoms with Gasteiger partial charge in [0.1, 0.15) is 16.0 Å². The molecule has 0 aromatic heterocycles. The largest absolute Gasteiger partial charge is 0.495 e. The van der Waals surface area contributed by atoms with Gasteiger partial charge in [-0.15, -0.1) is 0 Å². The number of benzene rings is 1. The van der Waals surface area contributed by atoms with Crippen molar-refractivity contribution in [3.05, 3.63) is 22.2 Å². The summed E-state index contributed by atoms with van der Waals surface area (Å²) in [4.78, 5) is 0. The molecule has 0 spiro atoms. The summed E-state index contributed by atoms with van der Waals surface area (Å²) in [6.45, 7) is 2.08. The van der Waals surface area contributed by atoms with Crippen molar-refractivity contribution in [3.63, 3.8) is 0 Å². The van der Waals surface area contributed by atoms with E-state index < -0.39 is 0 Å². The molecular weight excluding hydrogens is 324 g/mol. The molecule has 1 aliphatic heterocycles. The van der Waals surface area contributed by atoms with Crippen molar-refractivity contribution in [1.82, 2.24) is 5.43 Å². The maximum Gasteiger partial charge on any atom is 0.141 e. The van der Waals surface area contributed by atoms with Crippen LogP contribution in [-0.2, 0) is 4.74 Å². The number of rotatable bonds is 5. The van der Waals surface area contributed by atoms with Gasteiger partial charge < -0.3 is 14.2 Å². The van der Waals surface area contributed by atoms with Crippen molar-refractivity contribution < 1.29 is 14.2 Å². The number of hydrogen-bond donors (Lipinski definition) is 2. The first-order valence-electron chi connectivity index (χ1n) is 6.64. The van der Waals surface area contributed by atoms with Gasteiger partial charge in [-0.05, 0) is 47.8 Å². The summed E-state index contributed by atoms with van der Waals surface area (Å²) < 4.78 is 17.5. The monoisotopic (exact) mass is 344 g/mol. The molecule has 0 bridgehead atoms. The highest BCUT2D eigenvalue weighted by Gasteiger charge is 2.32. The molecule has 1 heterocycles. The van der Waals surface area contributed by atoms with Gasteiger partial charge in [0.15, 0.2) is 0 Å². The van der Waals surface area contributed by atoms with Crippen molar-refractivity contribution in [2.45, 2.75) is 38.0 Å². The molecule has 1 aromatic rings. The summed E-state index contributed by atoms with van der Waals surface area (Å²) in [5.74, 6) is 7.18. The van der Waals surface area contributed by atoms with Crippen LogP contribution < -0.4 is 20.7 Å². The molecule has 3 N–H and O–H groups in total. The van der Waals surface area contributed by atoms with Gasteiger partial charge in [-0.2, -0.15) is 0 Å². The van der Waals surface area contributed by atoms with Gasteiger partial charge in [-0.25, -0.2) is 0 Å². The van der Waals surface area contributed by atoms with Gasteiger partial charge in [0, 0.05) is 5.56 Å². The summed E-state index contributed by atoms with van der Waals surface area (Å²) >= 11 is 3.51. The van der Waals surface area contributed by atoms with E-state index in [2.05, 4.69) is 28.3 Å². The average Bonchev–Trinajstić information content (AvgIpc) is 2.86. The third-order valence-electron chi connectivity index (χ3n) is 3.67. The van der Waals surface area contributed by atoms with Crippen LogP contribution in [0.3, 0.4) is 0 Å². The summed E-state index contributed by atoms with van der Waals surface area (Å²) in [5.41, 5.74) is 3.81. The lowest BCUT2D eigenvalue weighted by Gasteiger charge is -2.25. The summed E-state index contributed by atoms with van der Waals surface area (Å²) in [7, 11) is 3.26. The number of hydrogen-bond acceptors (Lipinski definition) is 5. The van der Waals surface area contributed by atoms with Crippen molar-refractivity contribution in [2.75, 3.05) is 14.2 Å². The molecule has 112 valence electrons. The Morgan fingerprint density at radius 3 is 2.60 bits per heavy atom. The number of halogens is 1. The molecule has 2 rings (SSSR count). The van der Waals surface area contributed by atoms with Crippen LogP contribution in [0.25, 0.3) is 0 Å². The van der Waals surface area contributed by atoms with Crippen LogP contribution >= 0.6 is 15.9 Å². The van der Waals surface area contributed by atoms with Gasteiger partial charge in [0.25, 0.3) is 0 Å². The smallest absolute Gasteiger partial charge is 0.141 e. The Morgan fingerprint density at radius 1 is 1.35 bits per heavy atom. The van der Waals surface area contributed by atoms with E-state index in [0.717, 1.165) is 34.4 Å². The van der Waals surface area contributed by atoms with Crippen LogP contribution in [0.15, 0.2) is 16.6 Å². The van der Waals surface area contributed by atoms with E-state index in [0.29, 0.717) is 0 Å². The Morgan fingerprint density at radius 2 is 2.10 bits per heavy atom. The number of ether oxygens (including phenoxy) is 3. The maximum atomic E-state index is 5.92. The Balaban J connectivity index is 2.36. The normalized spacial score (nSPS) is 23.6. The van der Waals surface area contributed by atoms with Crippen LogP contribution in [-0.4, -0.2) is 26.4 Å². The Kier molecular flexibility index (Phi) is 5.26. The molecule has 1 fully saturated rings. The highest BCUT2D eigenvalue weighted by molar-refractivity contribution is 9.10. The minimum Gasteiger partial charge on any atom is -0.495 e. The fraction of sp³-hybridized carbons (Fsp3) is 0.571. The van der Waals surface area contributed by atoms with Gasteiger partial charge in [0.05, 0.1) is 32.5 Å². The van der Waals surface area contributed by atoms with Crippen LogP contribution in [0, 0.1) is 0 Å². The Labute approximate surface area is 127 Å². The molecular formula is C14H21BrN2O3. The minimum atomic E-state index is -0.114. The fourth-order valence-electron chi connectivity index (χ4n) is 2.64. The van der Waals surface area contributed by atoms with Crippen LogP contribution in [0.1, 0.15) is 31.4 Å². The van der Waals surface area contributed by atoms with Crippen molar-refractivity contribution in [3.8, 4) is 11.5 Å². The lowest BCUT2D eigenvalue weighted by atomic mass is 9.98. The van der Waals surface area contributed by atoms with E-state index in [4.69, 9.17) is 20.1 Å².